The van der Waals surface area contributed by atoms with Gasteiger partial charge in [-0.05, 0) is 19.1 Å². The molecule has 0 spiro atoms. The van der Waals surface area contributed by atoms with Gasteiger partial charge in [0.25, 0.3) is 0 Å². The van der Waals surface area contributed by atoms with Crippen LogP contribution in [0.25, 0.3) is 11.3 Å². The molecule has 100 valence electrons. The van der Waals surface area contributed by atoms with Gasteiger partial charge in [-0.25, -0.2) is 14.4 Å². The van der Waals surface area contributed by atoms with Crippen molar-refractivity contribution >= 4 is 5.82 Å². The van der Waals surface area contributed by atoms with Crippen molar-refractivity contribution in [2.45, 2.75) is 13.5 Å². The maximum atomic E-state index is 13.9. The minimum Gasteiger partial charge on any atom is -0.377 e. The molecule has 5 heteroatoms. The quantitative estimate of drug-likeness (QED) is 0.919. The van der Waals surface area contributed by atoms with Gasteiger partial charge in [-0.2, -0.15) is 0 Å². The Bertz CT molecular complexity index is 587. The molecular formula is C14H16FN3O. The van der Waals surface area contributed by atoms with Crippen LogP contribution in [-0.2, 0) is 11.3 Å². The number of methoxy groups -OCH3 is 1. The van der Waals surface area contributed by atoms with Gasteiger partial charge >= 0.3 is 0 Å². The minimum atomic E-state index is -0.297. The third-order valence-electron chi connectivity index (χ3n) is 2.70. The topological polar surface area (TPSA) is 47.0 Å². The first-order chi connectivity index (χ1) is 9.13. The summed E-state index contributed by atoms with van der Waals surface area (Å²) in [6, 6.07) is 6.67. The first kappa shape index (κ1) is 13.4. The summed E-state index contributed by atoms with van der Waals surface area (Å²) in [5.74, 6) is 0.859. The fourth-order valence-electron chi connectivity index (χ4n) is 1.79. The van der Waals surface area contributed by atoms with Gasteiger partial charge in [0, 0.05) is 25.8 Å². The number of nitrogens with one attached hydrogen (secondary N) is 1. The van der Waals surface area contributed by atoms with Gasteiger partial charge in [0.05, 0.1) is 5.69 Å². The van der Waals surface area contributed by atoms with E-state index in [9.17, 15) is 4.39 Å². The number of ether oxygens (including phenoxy) is 1. The highest BCUT2D eigenvalue weighted by Crippen LogP contribution is 2.24. The summed E-state index contributed by atoms with van der Waals surface area (Å²) in [5.41, 5.74) is 2.00. The van der Waals surface area contributed by atoms with Crippen LogP contribution < -0.4 is 5.32 Å². The Morgan fingerprint density at radius 2 is 2.05 bits per heavy atom. The fraction of sp³-hybridized carbons (Fsp3) is 0.286. The Balaban J connectivity index is 2.54. The largest absolute Gasteiger partial charge is 0.377 e. The number of hydrogen-bond acceptors (Lipinski definition) is 4. The summed E-state index contributed by atoms with van der Waals surface area (Å²) in [7, 11) is 3.33. The number of halogens is 1. The first-order valence-electron chi connectivity index (χ1n) is 5.95. The molecule has 1 aromatic heterocycles. The Labute approximate surface area is 111 Å². The van der Waals surface area contributed by atoms with E-state index < -0.39 is 0 Å². The lowest BCUT2D eigenvalue weighted by Gasteiger charge is -2.09. The van der Waals surface area contributed by atoms with Crippen LogP contribution in [-0.4, -0.2) is 24.1 Å². The standard InChI is InChI=1S/C14H16FN3O/c1-9-4-5-11(15)10(6-9)12-7-13(16-2)18-14(17-12)8-19-3/h4-7H,8H2,1-3H3,(H,16,17,18). The summed E-state index contributed by atoms with van der Waals surface area (Å²) in [4.78, 5) is 8.58. The first-order valence-corrected chi connectivity index (χ1v) is 5.95. The van der Waals surface area contributed by atoms with Crippen molar-refractivity contribution < 1.29 is 9.13 Å². The van der Waals surface area contributed by atoms with Crippen molar-refractivity contribution in [3.05, 3.63) is 41.5 Å². The maximum Gasteiger partial charge on any atom is 0.157 e. The van der Waals surface area contributed by atoms with Crippen molar-refractivity contribution in [1.29, 1.82) is 0 Å². The molecule has 0 aliphatic heterocycles. The lowest BCUT2D eigenvalue weighted by atomic mass is 10.1. The second kappa shape index (κ2) is 5.75. The van der Waals surface area contributed by atoms with Gasteiger partial charge < -0.3 is 10.1 Å². The monoisotopic (exact) mass is 261 g/mol. The van der Waals surface area contributed by atoms with Gasteiger partial charge in [-0.1, -0.05) is 11.6 Å². The second-order valence-electron chi connectivity index (χ2n) is 4.22. The van der Waals surface area contributed by atoms with E-state index in [1.54, 1.807) is 32.4 Å². The number of aromatic nitrogens is 2. The van der Waals surface area contributed by atoms with E-state index in [0.29, 0.717) is 22.9 Å². The molecule has 0 fully saturated rings. The summed E-state index contributed by atoms with van der Waals surface area (Å²) in [6.45, 7) is 2.20. The number of rotatable bonds is 4. The molecule has 0 saturated heterocycles. The molecule has 0 radical (unpaired) electrons. The summed E-state index contributed by atoms with van der Waals surface area (Å²) >= 11 is 0. The van der Waals surface area contributed by atoms with E-state index in [-0.39, 0.29) is 12.4 Å². The van der Waals surface area contributed by atoms with Crippen LogP contribution in [0.1, 0.15) is 11.4 Å². The molecule has 2 aromatic rings. The van der Waals surface area contributed by atoms with Crippen LogP contribution in [0.5, 0.6) is 0 Å². The molecular weight excluding hydrogens is 245 g/mol. The van der Waals surface area contributed by atoms with Crippen LogP contribution in [0, 0.1) is 12.7 Å². The van der Waals surface area contributed by atoms with E-state index >= 15 is 0 Å². The Morgan fingerprint density at radius 3 is 2.74 bits per heavy atom. The predicted octanol–water partition coefficient (Wildman–Crippen LogP) is 2.78. The molecule has 0 amide bonds. The fourth-order valence-corrected chi connectivity index (χ4v) is 1.79. The van der Waals surface area contributed by atoms with Crippen molar-refractivity contribution in [3.8, 4) is 11.3 Å². The normalized spacial score (nSPS) is 10.5. The van der Waals surface area contributed by atoms with E-state index in [1.165, 1.54) is 6.07 Å². The zero-order valence-corrected chi connectivity index (χ0v) is 11.2. The van der Waals surface area contributed by atoms with E-state index in [0.717, 1.165) is 5.56 Å². The smallest absolute Gasteiger partial charge is 0.157 e. The third kappa shape index (κ3) is 3.06. The molecule has 0 saturated carbocycles. The molecule has 1 heterocycles. The maximum absolute atomic E-state index is 13.9. The second-order valence-corrected chi connectivity index (χ2v) is 4.22. The zero-order chi connectivity index (χ0) is 13.8. The molecule has 1 N–H and O–H groups in total. The van der Waals surface area contributed by atoms with E-state index in [2.05, 4.69) is 15.3 Å². The number of aryl methyl sites for hydroxylation is 1. The minimum absolute atomic E-state index is 0.288. The van der Waals surface area contributed by atoms with Crippen LogP contribution >= 0.6 is 0 Å². The van der Waals surface area contributed by atoms with Gasteiger partial charge in [-0.3, -0.25) is 0 Å². The Hall–Kier alpha value is -2.01. The molecule has 4 nitrogen and oxygen atoms in total. The Morgan fingerprint density at radius 1 is 1.26 bits per heavy atom. The highest BCUT2D eigenvalue weighted by atomic mass is 19.1. The SMILES string of the molecule is CNc1cc(-c2cc(C)ccc2F)nc(COC)n1. The average Bonchev–Trinajstić information content (AvgIpc) is 2.41. The van der Waals surface area contributed by atoms with E-state index in [4.69, 9.17) is 4.74 Å². The molecule has 2 rings (SSSR count). The lowest BCUT2D eigenvalue weighted by Crippen LogP contribution is -2.03. The third-order valence-corrected chi connectivity index (χ3v) is 2.70. The molecule has 19 heavy (non-hydrogen) atoms. The summed E-state index contributed by atoms with van der Waals surface area (Å²) < 4.78 is 18.9. The summed E-state index contributed by atoms with van der Waals surface area (Å²) in [5, 5.41) is 2.94. The molecule has 0 aliphatic carbocycles. The molecule has 1 aromatic carbocycles. The molecule has 0 atom stereocenters. The van der Waals surface area contributed by atoms with Crippen molar-refractivity contribution in [3.63, 3.8) is 0 Å². The van der Waals surface area contributed by atoms with Gasteiger partial charge in [0.2, 0.25) is 0 Å². The van der Waals surface area contributed by atoms with Gasteiger partial charge in [-0.15, -0.1) is 0 Å². The van der Waals surface area contributed by atoms with Crippen LogP contribution in [0.2, 0.25) is 0 Å². The lowest BCUT2D eigenvalue weighted by molar-refractivity contribution is 0.178. The van der Waals surface area contributed by atoms with Crippen LogP contribution in [0.3, 0.4) is 0 Å². The molecule has 0 unspecified atom stereocenters. The number of anilines is 1. The van der Waals surface area contributed by atoms with Crippen LogP contribution in [0.15, 0.2) is 24.3 Å². The average molecular weight is 261 g/mol. The highest BCUT2D eigenvalue weighted by molar-refractivity contribution is 5.64. The molecule has 0 aliphatic rings. The Kier molecular flexibility index (Phi) is 4.06. The van der Waals surface area contributed by atoms with Crippen molar-refractivity contribution in [1.82, 2.24) is 9.97 Å². The van der Waals surface area contributed by atoms with Crippen LogP contribution in [0.4, 0.5) is 10.2 Å². The van der Waals surface area contributed by atoms with Gasteiger partial charge in [0.15, 0.2) is 5.82 Å². The zero-order valence-electron chi connectivity index (χ0n) is 11.2. The summed E-state index contributed by atoms with van der Waals surface area (Å²) in [6.07, 6.45) is 0. The molecule has 0 bridgehead atoms. The number of nitrogens with zero attached hydrogens (tertiary/aromatic N) is 2. The predicted molar refractivity (Wildman–Crippen MR) is 72.4 cm³/mol. The van der Waals surface area contributed by atoms with Gasteiger partial charge in [0.1, 0.15) is 18.2 Å². The van der Waals surface area contributed by atoms with Crippen molar-refractivity contribution in [2.75, 3.05) is 19.5 Å². The number of benzene rings is 1. The van der Waals surface area contributed by atoms with E-state index in [1.807, 2.05) is 6.92 Å². The number of hydrogen-bond donors (Lipinski definition) is 1. The van der Waals surface area contributed by atoms with Crippen molar-refractivity contribution in [2.24, 2.45) is 0 Å². The highest BCUT2D eigenvalue weighted by Gasteiger charge is 2.10.